The van der Waals surface area contributed by atoms with Gasteiger partial charge in [0, 0.05) is 0 Å². The maximum atomic E-state index is 12.7. The lowest BCUT2D eigenvalue weighted by atomic mass is 10.1. The maximum Gasteiger partial charge on any atom is 0.182 e. The van der Waals surface area contributed by atoms with Crippen LogP contribution in [0, 0.1) is 17.3 Å². The molecule has 0 aromatic heterocycles. The van der Waals surface area contributed by atoms with Crippen LogP contribution in [0.25, 0.3) is 0 Å². The normalized spacial score (nSPS) is 13.0. The fourth-order valence-electron chi connectivity index (χ4n) is 1.43. The van der Waals surface area contributed by atoms with Crippen LogP contribution in [0.2, 0.25) is 0 Å². The molecule has 0 aliphatic heterocycles. The highest BCUT2D eigenvalue weighted by molar-refractivity contribution is 5.81. The van der Waals surface area contributed by atoms with E-state index in [1.807, 2.05) is 13.1 Å². The van der Waals surface area contributed by atoms with E-state index < -0.39 is 0 Å². The van der Waals surface area contributed by atoms with Crippen molar-refractivity contribution < 1.29 is 4.39 Å². The molecule has 0 spiro atoms. The minimum atomic E-state index is -0.255. The van der Waals surface area contributed by atoms with Crippen molar-refractivity contribution in [2.24, 2.45) is 4.99 Å². The molecule has 1 N–H and O–H groups in total. The second kappa shape index (κ2) is 5.86. The number of nitriles is 1. The van der Waals surface area contributed by atoms with Crippen LogP contribution in [-0.4, -0.2) is 5.84 Å². The summed E-state index contributed by atoms with van der Waals surface area (Å²) < 4.78 is 12.7. The highest BCUT2D eigenvalue weighted by Gasteiger charge is 2.07. The van der Waals surface area contributed by atoms with Gasteiger partial charge in [0.05, 0.1) is 6.04 Å². The van der Waals surface area contributed by atoms with Gasteiger partial charge in [0.2, 0.25) is 0 Å². The minimum Gasteiger partial charge on any atom is -0.281 e. The van der Waals surface area contributed by atoms with Gasteiger partial charge in [-0.05, 0) is 31.0 Å². The summed E-state index contributed by atoms with van der Waals surface area (Å²) in [5, 5.41) is 10.9. The Hall–Kier alpha value is -1.89. The first-order chi connectivity index (χ1) is 7.67. The number of hydrogen-bond acceptors (Lipinski definition) is 2. The third-order valence-electron chi connectivity index (χ3n) is 2.23. The summed E-state index contributed by atoms with van der Waals surface area (Å²) in [7, 11) is 0. The van der Waals surface area contributed by atoms with Crippen molar-refractivity contribution in [3.05, 3.63) is 35.6 Å². The zero-order valence-electron chi connectivity index (χ0n) is 9.37. The predicted molar refractivity (Wildman–Crippen MR) is 61.3 cm³/mol. The molecule has 4 heteroatoms. The van der Waals surface area contributed by atoms with Crippen molar-refractivity contribution in [3.8, 4) is 6.19 Å². The number of aliphatic imine (C=N–C) groups is 1. The Labute approximate surface area is 94.6 Å². The Balaban J connectivity index is 2.87. The standard InChI is InChI=1S/C12H14FN3/c1-3-12(16-9(2)15-8-14)10-4-6-11(13)7-5-10/h4-7,12H,3H2,1-2H3,(H,15,16). The second-order valence-corrected chi connectivity index (χ2v) is 3.43. The number of benzene rings is 1. The smallest absolute Gasteiger partial charge is 0.182 e. The molecule has 0 saturated carbocycles. The molecular formula is C12H14FN3. The van der Waals surface area contributed by atoms with E-state index in [0.29, 0.717) is 5.84 Å². The van der Waals surface area contributed by atoms with Gasteiger partial charge in [-0.1, -0.05) is 19.1 Å². The van der Waals surface area contributed by atoms with Crippen LogP contribution in [0.15, 0.2) is 29.3 Å². The highest BCUT2D eigenvalue weighted by atomic mass is 19.1. The molecule has 0 aliphatic rings. The van der Waals surface area contributed by atoms with Crippen molar-refractivity contribution in [2.45, 2.75) is 26.3 Å². The van der Waals surface area contributed by atoms with Crippen LogP contribution in [0.3, 0.4) is 0 Å². The van der Waals surface area contributed by atoms with Gasteiger partial charge in [0.15, 0.2) is 6.19 Å². The molecule has 84 valence electrons. The molecule has 1 aromatic carbocycles. The van der Waals surface area contributed by atoms with E-state index in [2.05, 4.69) is 10.3 Å². The quantitative estimate of drug-likeness (QED) is 0.368. The van der Waals surface area contributed by atoms with E-state index in [1.165, 1.54) is 12.1 Å². The lowest BCUT2D eigenvalue weighted by Gasteiger charge is -2.11. The number of nitrogens with one attached hydrogen (secondary N) is 1. The zero-order valence-corrected chi connectivity index (χ0v) is 9.37. The molecule has 16 heavy (non-hydrogen) atoms. The van der Waals surface area contributed by atoms with Crippen LogP contribution in [0.4, 0.5) is 4.39 Å². The summed E-state index contributed by atoms with van der Waals surface area (Å²) in [5.41, 5.74) is 0.947. The largest absolute Gasteiger partial charge is 0.281 e. The third-order valence-corrected chi connectivity index (χ3v) is 2.23. The predicted octanol–water partition coefficient (Wildman–Crippen LogP) is 2.77. The molecular weight excluding hydrogens is 205 g/mol. The van der Waals surface area contributed by atoms with Crippen molar-refractivity contribution in [3.63, 3.8) is 0 Å². The van der Waals surface area contributed by atoms with Crippen molar-refractivity contribution in [2.75, 3.05) is 0 Å². The minimum absolute atomic E-state index is 0.0403. The lowest BCUT2D eigenvalue weighted by molar-refractivity contribution is 0.623. The van der Waals surface area contributed by atoms with E-state index in [9.17, 15) is 4.39 Å². The van der Waals surface area contributed by atoms with E-state index in [1.54, 1.807) is 19.1 Å². The van der Waals surface area contributed by atoms with Gasteiger partial charge in [-0.2, -0.15) is 5.26 Å². The van der Waals surface area contributed by atoms with Crippen LogP contribution in [-0.2, 0) is 0 Å². The van der Waals surface area contributed by atoms with Gasteiger partial charge in [-0.15, -0.1) is 0 Å². The summed E-state index contributed by atoms with van der Waals surface area (Å²) in [6, 6.07) is 6.22. The molecule has 0 amide bonds. The molecule has 0 aliphatic carbocycles. The Bertz CT molecular complexity index is 403. The molecule has 1 aromatic rings. The maximum absolute atomic E-state index is 12.7. The highest BCUT2D eigenvalue weighted by Crippen LogP contribution is 2.21. The SMILES string of the molecule is CCC(N=C(C)NC#N)c1ccc(F)cc1. The molecule has 0 heterocycles. The number of amidine groups is 1. The van der Waals surface area contributed by atoms with Gasteiger partial charge in [-0.3, -0.25) is 10.3 Å². The Morgan fingerprint density at radius 3 is 2.62 bits per heavy atom. The molecule has 1 atom stereocenters. The average molecular weight is 219 g/mol. The number of hydrogen-bond donors (Lipinski definition) is 1. The van der Waals surface area contributed by atoms with Crippen molar-refractivity contribution in [1.29, 1.82) is 5.26 Å². The van der Waals surface area contributed by atoms with Gasteiger partial charge >= 0.3 is 0 Å². The van der Waals surface area contributed by atoms with Crippen LogP contribution in [0.1, 0.15) is 31.9 Å². The first-order valence-electron chi connectivity index (χ1n) is 5.12. The zero-order chi connectivity index (χ0) is 12.0. The van der Waals surface area contributed by atoms with Crippen LogP contribution in [0.5, 0.6) is 0 Å². The average Bonchev–Trinajstić information content (AvgIpc) is 2.27. The Morgan fingerprint density at radius 1 is 1.50 bits per heavy atom. The molecule has 1 rings (SSSR count). The summed E-state index contributed by atoms with van der Waals surface area (Å²) in [6.07, 6.45) is 2.62. The molecule has 0 radical (unpaired) electrons. The summed E-state index contributed by atoms with van der Waals surface area (Å²) in [6.45, 7) is 3.73. The van der Waals surface area contributed by atoms with Gasteiger partial charge < -0.3 is 0 Å². The number of nitrogens with zero attached hydrogens (tertiary/aromatic N) is 2. The third kappa shape index (κ3) is 3.35. The Morgan fingerprint density at radius 2 is 2.12 bits per heavy atom. The van der Waals surface area contributed by atoms with Gasteiger partial charge in [0.25, 0.3) is 0 Å². The van der Waals surface area contributed by atoms with E-state index >= 15 is 0 Å². The second-order valence-electron chi connectivity index (χ2n) is 3.43. The summed E-state index contributed by atoms with van der Waals surface area (Å²) >= 11 is 0. The lowest BCUT2D eigenvalue weighted by Crippen LogP contribution is -2.14. The fraction of sp³-hybridized carbons (Fsp3) is 0.333. The monoisotopic (exact) mass is 219 g/mol. The van der Waals surface area contributed by atoms with Crippen molar-refractivity contribution >= 4 is 5.84 Å². The van der Waals surface area contributed by atoms with Crippen molar-refractivity contribution in [1.82, 2.24) is 5.32 Å². The summed E-state index contributed by atoms with van der Waals surface area (Å²) in [4.78, 5) is 4.35. The van der Waals surface area contributed by atoms with Crippen LogP contribution >= 0.6 is 0 Å². The first-order valence-corrected chi connectivity index (χ1v) is 5.12. The van der Waals surface area contributed by atoms with E-state index in [-0.39, 0.29) is 11.9 Å². The Kier molecular flexibility index (Phi) is 4.46. The van der Waals surface area contributed by atoms with Gasteiger partial charge in [0.1, 0.15) is 11.7 Å². The van der Waals surface area contributed by atoms with Gasteiger partial charge in [-0.25, -0.2) is 4.39 Å². The molecule has 1 unspecified atom stereocenters. The summed E-state index contributed by atoms with van der Waals surface area (Å²) in [5.74, 6) is 0.313. The topological polar surface area (TPSA) is 48.2 Å². The molecule has 0 saturated heterocycles. The van der Waals surface area contributed by atoms with E-state index in [4.69, 9.17) is 5.26 Å². The molecule has 3 nitrogen and oxygen atoms in total. The number of rotatable bonds is 3. The first kappa shape index (κ1) is 12.2. The molecule has 0 fully saturated rings. The fourth-order valence-corrected chi connectivity index (χ4v) is 1.43. The number of halogens is 1. The van der Waals surface area contributed by atoms with E-state index in [0.717, 1.165) is 12.0 Å². The molecule has 0 bridgehead atoms. The van der Waals surface area contributed by atoms with Crippen LogP contribution < -0.4 is 5.32 Å².